The van der Waals surface area contributed by atoms with Gasteiger partial charge in [0.2, 0.25) is 0 Å². The summed E-state index contributed by atoms with van der Waals surface area (Å²) >= 11 is 1.84. The highest BCUT2D eigenvalue weighted by Gasteiger charge is 2.19. The zero-order chi connectivity index (χ0) is 16.0. The first-order valence-corrected chi connectivity index (χ1v) is 9.13. The maximum absolute atomic E-state index is 4.75. The molecule has 0 aromatic carbocycles. The summed E-state index contributed by atoms with van der Waals surface area (Å²) in [5, 5.41) is 0. The Morgan fingerprint density at radius 2 is 1.79 bits per heavy atom. The van der Waals surface area contributed by atoms with Crippen LogP contribution in [0, 0.1) is 20.8 Å². The van der Waals surface area contributed by atoms with Gasteiger partial charge in [0.15, 0.2) is 5.82 Å². The molecule has 6 heteroatoms. The van der Waals surface area contributed by atoms with Crippen LogP contribution in [0.5, 0.6) is 0 Å². The van der Waals surface area contributed by atoms with Gasteiger partial charge in [-0.1, -0.05) is 0 Å². The average Bonchev–Trinajstić information content (AvgIpc) is 3.09. The summed E-state index contributed by atoms with van der Waals surface area (Å²) < 4.78 is 0. The van der Waals surface area contributed by atoms with Crippen LogP contribution in [-0.4, -0.2) is 28.0 Å². The second kappa shape index (κ2) is 6.73. The Morgan fingerprint density at radius 1 is 1.04 bits per heavy atom. The number of hydrogen-bond acceptors (Lipinski definition) is 4. The van der Waals surface area contributed by atoms with E-state index in [1.165, 1.54) is 34.6 Å². The highest BCUT2D eigenvalue weighted by molar-refractivity contribution is 7.12. The molecule has 0 spiro atoms. The Bertz CT molecular complexity index is 861. The predicted molar refractivity (Wildman–Crippen MR) is 105 cm³/mol. The summed E-state index contributed by atoms with van der Waals surface area (Å²) in [4.78, 5) is 18.1. The zero-order valence-corrected chi connectivity index (χ0v) is 16.0. The van der Waals surface area contributed by atoms with Crippen molar-refractivity contribution in [2.24, 2.45) is 0 Å². The van der Waals surface area contributed by atoms with Crippen LogP contribution in [0.1, 0.15) is 34.8 Å². The van der Waals surface area contributed by atoms with E-state index in [4.69, 9.17) is 4.98 Å². The van der Waals surface area contributed by atoms with Gasteiger partial charge in [-0.3, -0.25) is 0 Å². The first-order valence-electron chi connectivity index (χ1n) is 8.31. The number of anilines is 1. The number of hydrogen-bond donors (Lipinski definition) is 1. The molecule has 1 N–H and O–H groups in total. The van der Waals surface area contributed by atoms with Crippen LogP contribution in [-0.2, 0) is 0 Å². The van der Waals surface area contributed by atoms with Crippen LogP contribution in [0.3, 0.4) is 0 Å². The highest BCUT2D eigenvalue weighted by atomic mass is 35.5. The number of fused-ring (bicyclic) bond motifs is 1. The maximum atomic E-state index is 4.75. The van der Waals surface area contributed by atoms with Crippen LogP contribution in [0.4, 0.5) is 5.82 Å². The largest absolute Gasteiger partial charge is 0.355 e. The van der Waals surface area contributed by atoms with E-state index in [0.29, 0.717) is 0 Å². The summed E-state index contributed by atoms with van der Waals surface area (Å²) in [5.41, 5.74) is 4.54. The zero-order valence-electron chi connectivity index (χ0n) is 14.3. The van der Waals surface area contributed by atoms with Crippen molar-refractivity contribution in [2.75, 3.05) is 18.0 Å². The van der Waals surface area contributed by atoms with Gasteiger partial charge in [0.05, 0.1) is 5.52 Å². The number of nitrogens with zero attached hydrogens (tertiary/aromatic N) is 3. The third-order valence-corrected chi connectivity index (χ3v) is 5.52. The average molecular weight is 363 g/mol. The first kappa shape index (κ1) is 17.2. The van der Waals surface area contributed by atoms with Crippen molar-refractivity contribution in [3.63, 3.8) is 0 Å². The lowest BCUT2D eigenvalue weighted by atomic mass is 10.1. The molecule has 0 aliphatic carbocycles. The van der Waals surface area contributed by atoms with E-state index in [9.17, 15) is 0 Å². The molecule has 1 fully saturated rings. The second-order valence-corrected chi connectivity index (χ2v) is 7.87. The van der Waals surface area contributed by atoms with Crippen LogP contribution >= 0.6 is 23.7 Å². The van der Waals surface area contributed by atoms with E-state index in [0.717, 1.165) is 41.5 Å². The fourth-order valence-electron chi connectivity index (χ4n) is 3.49. The molecule has 4 heterocycles. The van der Waals surface area contributed by atoms with Crippen LogP contribution in [0.25, 0.3) is 22.3 Å². The first-order chi connectivity index (χ1) is 11.1. The molecule has 128 valence electrons. The molecule has 0 radical (unpaired) electrons. The number of piperidine rings is 1. The minimum atomic E-state index is 0. The molecule has 3 aromatic heterocycles. The number of H-pyrrole nitrogens is 1. The Labute approximate surface area is 152 Å². The molecule has 24 heavy (non-hydrogen) atoms. The molecule has 0 bridgehead atoms. The van der Waals surface area contributed by atoms with Crippen molar-refractivity contribution < 1.29 is 0 Å². The van der Waals surface area contributed by atoms with Gasteiger partial charge in [-0.05, 0) is 52.2 Å². The lowest BCUT2D eigenvalue weighted by Gasteiger charge is -2.28. The van der Waals surface area contributed by atoms with Crippen molar-refractivity contribution in [2.45, 2.75) is 40.0 Å². The fourth-order valence-corrected chi connectivity index (χ4v) is 4.43. The van der Waals surface area contributed by atoms with Gasteiger partial charge < -0.3 is 9.88 Å². The molecular formula is C18H23ClN4S. The molecule has 3 aromatic rings. The molecule has 1 saturated heterocycles. The highest BCUT2D eigenvalue weighted by Crippen LogP contribution is 2.34. The van der Waals surface area contributed by atoms with Gasteiger partial charge in [-0.2, -0.15) is 0 Å². The number of aryl methyl sites for hydroxylation is 3. The number of rotatable bonds is 2. The summed E-state index contributed by atoms with van der Waals surface area (Å²) in [5.74, 6) is 1.92. The number of thiophene rings is 1. The van der Waals surface area contributed by atoms with E-state index >= 15 is 0 Å². The van der Waals surface area contributed by atoms with Crippen molar-refractivity contribution in [1.82, 2.24) is 15.0 Å². The van der Waals surface area contributed by atoms with Gasteiger partial charge in [-0.15, -0.1) is 23.7 Å². The molecule has 4 rings (SSSR count). The van der Waals surface area contributed by atoms with E-state index in [2.05, 4.69) is 40.8 Å². The van der Waals surface area contributed by atoms with Gasteiger partial charge >= 0.3 is 0 Å². The molecule has 1 aliphatic rings. The number of nitrogens with one attached hydrogen (secondary N) is 1. The monoisotopic (exact) mass is 362 g/mol. The Kier molecular flexibility index (Phi) is 4.83. The van der Waals surface area contributed by atoms with Crippen LogP contribution in [0.2, 0.25) is 0 Å². The summed E-state index contributed by atoms with van der Waals surface area (Å²) in [7, 11) is 0. The summed E-state index contributed by atoms with van der Waals surface area (Å²) in [6.45, 7) is 8.51. The lowest BCUT2D eigenvalue weighted by Crippen LogP contribution is -2.30. The summed E-state index contributed by atoms with van der Waals surface area (Å²) in [6.07, 6.45) is 3.83. The van der Waals surface area contributed by atoms with Crippen molar-refractivity contribution in [3.05, 3.63) is 27.7 Å². The normalized spacial score (nSPS) is 14.9. The number of halogens is 1. The molecule has 0 saturated carbocycles. The molecule has 0 atom stereocenters. The quantitative estimate of drug-likeness (QED) is 0.695. The Balaban J connectivity index is 0.00000169. The SMILES string of the molecule is Cc1nc(N2CCCCC2)c2[nH]c(-c3cc(C)sc3C)cc2n1.Cl. The van der Waals surface area contributed by atoms with Crippen molar-refractivity contribution in [3.8, 4) is 11.3 Å². The maximum Gasteiger partial charge on any atom is 0.156 e. The minimum Gasteiger partial charge on any atom is -0.355 e. The van der Waals surface area contributed by atoms with Crippen LogP contribution in [0.15, 0.2) is 12.1 Å². The van der Waals surface area contributed by atoms with E-state index in [1.807, 2.05) is 18.3 Å². The lowest BCUT2D eigenvalue weighted by molar-refractivity contribution is 0.574. The van der Waals surface area contributed by atoms with Crippen LogP contribution < -0.4 is 4.90 Å². The number of aromatic amines is 1. The smallest absolute Gasteiger partial charge is 0.156 e. The van der Waals surface area contributed by atoms with Gasteiger partial charge in [0, 0.05) is 34.1 Å². The van der Waals surface area contributed by atoms with E-state index in [1.54, 1.807) is 0 Å². The standard InChI is InChI=1S/C18H22N4S.ClH/c1-11-9-14(12(2)23-11)15-10-16-17(21-15)18(20-13(3)19-16)22-7-5-4-6-8-22;/h9-10,21H,4-8H2,1-3H3;1H. The Hall–Kier alpha value is -1.59. The number of aromatic nitrogens is 3. The third-order valence-electron chi connectivity index (χ3n) is 4.56. The third kappa shape index (κ3) is 3.03. The summed E-state index contributed by atoms with van der Waals surface area (Å²) in [6, 6.07) is 4.43. The fraction of sp³-hybridized carbons (Fsp3) is 0.444. The van der Waals surface area contributed by atoms with Crippen molar-refractivity contribution >= 4 is 40.6 Å². The molecular weight excluding hydrogens is 340 g/mol. The van der Waals surface area contributed by atoms with Crippen molar-refractivity contribution in [1.29, 1.82) is 0 Å². The molecule has 1 aliphatic heterocycles. The van der Waals surface area contributed by atoms with Gasteiger partial charge in [0.25, 0.3) is 0 Å². The topological polar surface area (TPSA) is 44.8 Å². The second-order valence-electron chi connectivity index (χ2n) is 6.41. The predicted octanol–water partition coefficient (Wildman–Crippen LogP) is 5.02. The molecule has 4 nitrogen and oxygen atoms in total. The van der Waals surface area contributed by atoms with Gasteiger partial charge in [-0.25, -0.2) is 9.97 Å². The molecule has 0 unspecified atom stereocenters. The van der Waals surface area contributed by atoms with E-state index in [-0.39, 0.29) is 12.4 Å². The van der Waals surface area contributed by atoms with Gasteiger partial charge in [0.1, 0.15) is 11.3 Å². The minimum absolute atomic E-state index is 0. The molecule has 0 amide bonds. The Morgan fingerprint density at radius 3 is 2.46 bits per heavy atom. The van der Waals surface area contributed by atoms with E-state index < -0.39 is 0 Å².